The Balaban J connectivity index is 1.80. The van der Waals surface area contributed by atoms with E-state index in [1.807, 2.05) is 25.8 Å². The number of hydrogen-bond donors (Lipinski definition) is 2. The molecule has 0 spiro atoms. The van der Waals surface area contributed by atoms with E-state index in [1.54, 1.807) is 4.57 Å². The number of oxime groups is 1. The number of likely N-dealkylation sites (N-methyl/N-ethyl adjacent to an activating group) is 1. The van der Waals surface area contributed by atoms with Gasteiger partial charge in [-0.15, -0.1) is 0 Å². The maximum atomic E-state index is 15.1. The summed E-state index contributed by atoms with van der Waals surface area (Å²) in [5.41, 5.74) is -0.475. The number of carboxylic acid groups (broad SMARTS) is 1. The van der Waals surface area contributed by atoms with Gasteiger partial charge >= 0.3 is 5.97 Å². The van der Waals surface area contributed by atoms with Crippen molar-refractivity contribution < 1.29 is 19.1 Å². The molecule has 1 aliphatic carbocycles. The van der Waals surface area contributed by atoms with E-state index in [4.69, 9.17) is 4.84 Å². The first kappa shape index (κ1) is 21.2. The molecule has 0 aromatic carbocycles. The predicted molar refractivity (Wildman–Crippen MR) is 115 cm³/mol. The minimum Gasteiger partial charge on any atom is -0.477 e. The lowest BCUT2D eigenvalue weighted by Crippen LogP contribution is -2.60. The topological polar surface area (TPSA) is 109 Å². The second-order valence-electron chi connectivity index (χ2n) is 8.19. The predicted octanol–water partition coefficient (Wildman–Crippen LogP) is 2.15. The van der Waals surface area contributed by atoms with E-state index >= 15 is 4.39 Å². The highest BCUT2D eigenvalue weighted by Gasteiger charge is 2.38. The zero-order valence-corrected chi connectivity index (χ0v) is 17.8. The number of aromatic carboxylic acids is 1. The van der Waals surface area contributed by atoms with Crippen LogP contribution in [0.1, 0.15) is 49.5 Å². The highest BCUT2D eigenvalue weighted by atomic mass is 19.1. The van der Waals surface area contributed by atoms with E-state index in [9.17, 15) is 14.7 Å². The summed E-state index contributed by atoms with van der Waals surface area (Å²) in [6.07, 6.45) is 3.62. The van der Waals surface area contributed by atoms with Crippen LogP contribution in [0, 0.1) is 5.82 Å². The molecule has 0 radical (unpaired) electrons. The number of aromatic nitrogens is 2. The van der Waals surface area contributed by atoms with Crippen molar-refractivity contribution in [1.29, 1.82) is 0 Å². The molecule has 0 amide bonds. The number of pyridine rings is 2. The van der Waals surface area contributed by atoms with Gasteiger partial charge in [0.15, 0.2) is 11.6 Å². The van der Waals surface area contributed by atoms with Crippen molar-refractivity contribution in [2.24, 2.45) is 5.16 Å². The number of carboxylic acids is 1. The van der Waals surface area contributed by atoms with Crippen LogP contribution in [0.5, 0.6) is 0 Å². The third kappa shape index (κ3) is 3.76. The zero-order valence-electron chi connectivity index (χ0n) is 17.8. The van der Waals surface area contributed by atoms with Gasteiger partial charge in [0.2, 0.25) is 5.43 Å². The fourth-order valence-electron chi connectivity index (χ4n) is 4.00. The lowest BCUT2D eigenvalue weighted by molar-refractivity contribution is 0.0695. The molecular weight excluding hydrogens is 405 g/mol. The minimum absolute atomic E-state index is 0.0139. The first-order valence-electron chi connectivity index (χ1n) is 10.4. The average molecular weight is 431 g/mol. The molecular formula is C21H26FN5O4. The summed E-state index contributed by atoms with van der Waals surface area (Å²) in [4.78, 5) is 35.7. The molecule has 9 nitrogen and oxygen atoms in total. The standard InChI is InChI=1S/C21H26FN5O4/c1-4-31-25-16-7-8-26(11-21(16,2)23-3)19-15(22)9-13-17(28)14(20(29)30)10-27(12-5-6-12)18(13)24-19/h9-10,12,23H,4-8,11H2,1-3H3,(H,29,30)/b25-16+. The molecule has 1 saturated heterocycles. The van der Waals surface area contributed by atoms with Gasteiger partial charge in [0, 0.05) is 31.7 Å². The summed E-state index contributed by atoms with van der Waals surface area (Å²) in [6, 6.07) is 1.19. The summed E-state index contributed by atoms with van der Waals surface area (Å²) in [5.74, 6) is -1.84. The molecule has 4 rings (SSSR count). The Morgan fingerprint density at radius 3 is 2.84 bits per heavy atom. The number of hydrogen-bond acceptors (Lipinski definition) is 7. The Bertz CT molecular complexity index is 1130. The monoisotopic (exact) mass is 431 g/mol. The van der Waals surface area contributed by atoms with Crippen LogP contribution in [0.2, 0.25) is 0 Å². The number of nitrogens with one attached hydrogen (secondary N) is 1. The van der Waals surface area contributed by atoms with Gasteiger partial charge in [0.1, 0.15) is 17.8 Å². The fourth-order valence-corrected chi connectivity index (χ4v) is 4.00. The van der Waals surface area contributed by atoms with Crippen molar-refractivity contribution in [3.05, 3.63) is 33.9 Å². The van der Waals surface area contributed by atoms with Crippen LogP contribution < -0.4 is 15.6 Å². The van der Waals surface area contributed by atoms with E-state index in [0.717, 1.165) is 24.6 Å². The Morgan fingerprint density at radius 2 is 2.23 bits per heavy atom. The summed E-state index contributed by atoms with van der Waals surface area (Å²) in [7, 11) is 1.81. The lowest BCUT2D eigenvalue weighted by atomic mass is 9.89. The first-order chi connectivity index (χ1) is 14.8. The Labute approximate surface area is 178 Å². The van der Waals surface area contributed by atoms with E-state index < -0.39 is 22.8 Å². The third-order valence-corrected chi connectivity index (χ3v) is 6.03. The summed E-state index contributed by atoms with van der Waals surface area (Å²) >= 11 is 0. The minimum atomic E-state index is -1.33. The van der Waals surface area contributed by atoms with Crippen molar-refractivity contribution in [2.75, 3.05) is 31.6 Å². The van der Waals surface area contributed by atoms with Gasteiger partial charge in [-0.25, -0.2) is 14.2 Å². The molecule has 2 N–H and O–H groups in total. The molecule has 2 aromatic heterocycles. The molecule has 1 saturated carbocycles. The second kappa shape index (κ2) is 7.92. The molecule has 3 heterocycles. The normalized spacial score (nSPS) is 22.8. The zero-order chi connectivity index (χ0) is 22.3. The third-order valence-electron chi connectivity index (χ3n) is 6.03. The van der Waals surface area contributed by atoms with Crippen LogP contribution in [-0.2, 0) is 4.84 Å². The van der Waals surface area contributed by atoms with Gasteiger partial charge < -0.3 is 24.7 Å². The number of piperidine rings is 1. The van der Waals surface area contributed by atoms with Crippen molar-refractivity contribution in [3.63, 3.8) is 0 Å². The van der Waals surface area contributed by atoms with Crippen molar-refractivity contribution >= 4 is 28.5 Å². The van der Waals surface area contributed by atoms with Gasteiger partial charge in [-0.3, -0.25) is 4.79 Å². The summed E-state index contributed by atoms with van der Waals surface area (Å²) < 4.78 is 16.8. The lowest BCUT2D eigenvalue weighted by Gasteiger charge is -2.41. The largest absolute Gasteiger partial charge is 0.477 e. The molecule has 1 aliphatic heterocycles. The quantitative estimate of drug-likeness (QED) is 0.675. The maximum absolute atomic E-state index is 15.1. The highest BCUT2D eigenvalue weighted by Crippen LogP contribution is 2.37. The van der Waals surface area contributed by atoms with Crippen molar-refractivity contribution in [2.45, 2.75) is 44.7 Å². The Kier molecular flexibility index (Phi) is 5.42. The van der Waals surface area contributed by atoms with Gasteiger partial charge in [-0.1, -0.05) is 5.16 Å². The van der Waals surface area contributed by atoms with Crippen molar-refractivity contribution in [3.8, 4) is 0 Å². The van der Waals surface area contributed by atoms with E-state index in [-0.39, 0.29) is 22.8 Å². The number of rotatable bonds is 6. The molecule has 166 valence electrons. The maximum Gasteiger partial charge on any atom is 0.341 e. The number of anilines is 1. The second-order valence-corrected chi connectivity index (χ2v) is 8.19. The van der Waals surface area contributed by atoms with Gasteiger partial charge in [-0.2, -0.15) is 0 Å². The summed E-state index contributed by atoms with van der Waals surface area (Å²) in [5, 5.41) is 16.8. The van der Waals surface area contributed by atoms with Crippen molar-refractivity contribution in [1.82, 2.24) is 14.9 Å². The molecule has 2 fully saturated rings. The van der Waals surface area contributed by atoms with Crippen LogP contribution in [0.4, 0.5) is 10.2 Å². The number of nitrogens with zero attached hydrogens (tertiary/aromatic N) is 4. The van der Waals surface area contributed by atoms with E-state index in [2.05, 4.69) is 15.5 Å². The van der Waals surface area contributed by atoms with Crippen LogP contribution in [0.15, 0.2) is 22.2 Å². The Morgan fingerprint density at radius 1 is 1.48 bits per heavy atom. The van der Waals surface area contributed by atoms with Crippen LogP contribution >= 0.6 is 0 Å². The Hall–Kier alpha value is -3.01. The molecule has 31 heavy (non-hydrogen) atoms. The van der Waals surface area contributed by atoms with Gasteiger partial charge in [0.05, 0.1) is 16.6 Å². The molecule has 1 unspecified atom stereocenters. The molecule has 2 aliphatic rings. The molecule has 0 bridgehead atoms. The average Bonchev–Trinajstić information content (AvgIpc) is 3.58. The number of carbonyl (C=O) groups is 1. The highest BCUT2D eigenvalue weighted by molar-refractivity contribution is 5.95. The van der Waals surface area contributed by atoms with E-state index in [1.165, 1.54) is 6.20 Å². The van der Waals surface area contributed by atoms with Crippen LogP contribution in [-0.4, -0.2) is 58.6 Å². The van der Waals surface area contributed by atoms with Crippen LogP contribution in [0.3, 0.4) is 0 Å². The number of halogens is 1. The summed E-state index contributed by atoms with van der Waals surface area (Å²) in [6.45, 7) is 5.19. The molecule has 2 aromatic rings. The van der Waals surface area contributed by atoms with E-state index in [0.29, 0.717) is 31.8 Å². The first-order valence-corrected chi connectivity index (χ1v) is 10.4. The smallest absolute Gasteiger partial charge is 0.341 e. The van der Waals surface area contributed by atoms with Gasteiger partial charge in [0.25, 0.3) is 0 Å². The molecule has 1 atom stereocenters. The number of fused-ring (bicyclic) bond motifs is 1. The SMILES string of the molecule is CCO/N=C1\CCN(c2nc3c(cc2F)c(=O)c(C(=O)O)cn3C2CC2)CC1(C)NC. The molecule has 10 heteroatoms. The van der Waals surface area contributed by atoms with Crippen LogP contribution in [0.25, 0.3) is 11.0 Å². The fraction of sp³-hybridized carbons (Fsp3) is 0.524. The van der Waals surface area contributed by atoms with Gasteiger partial charge in [-0.05, 0) is 39.8 Å².